The summed E-state index contributed by atoms with van der Waals surface area (Å²) in [4.78, 5) is 12.2. The van der Waals surface area contributed by atoms with E-state index in [0.717, 1.165) is 18.4 Å². The van der Waals surface area contributed by atoms with Crippen LogP contribution >= 0.6 is 0 Å². The Hall–Kier alpha value is -1.90. The molecule has 1 atom stereocenters. The van der Waals surface area contributed by atoms with Gasteiger partial charge in [-0.2, -0.15) is 5.10 Å². The Balaban J connectivity index is 1.92. The summed E-state index contributed by atoms with van der Waals surface area (Å²) in [6.45, 7) is 1.99. The van der Waals surface area contributed by atoms with E-state index in [0.29, 0.717) is 0 Å². The monoisotopic (exact) mass is 242 g/mol. The number of aryl methyl sites for hydroxylation is 2. The predicted molar refractivity (Wildman–Crippen MR) is 71.5 cm³/mol. The Bertz CT molecular complexity index is 516. The number of rotatable bonds is 5. The number of nitrogens with zero attached hydrogens (tertiary/aromatic N) is 2. The first kappa shape index (κ1) is 12.6. The van der Waals surface area contributed by atoms with Crippen LogP contribution in [0.15, 0.2) is 42.7 Å². The van der Waals surface area contributed by atoms with Crippen molar-refractivity contribution >= 4 is 5.78 Å². The second kappa shape index (κ2) is 5.63. The highest BCUT2D eigenvalue weighted by atomic mass is 16.1. The molecule has 0 spiro atoms. The van der Waals surface area contributed by atoms with Gasteiger partial charge in [0.1, 0.15) is 0 Å². The third-order valence-corrected chi connectivity index (χ3v) is 3.13. The van der Waals surface area contributed by atoms with E-state index >= 15 is 0 Å². The highest BCUT2D eigenvalue weighted by Crippen LogP contribution is 2.14. The van der Waals surface area contributed by atoms with Gasteiger partial charge < -0.3 is 0 Å². The highest BCUT2D eigenvalue weighted by molar-refractivity contribution is 5.97. The predicted octanol–water partition coefficient (Wildman–Crippen LogP) is 2.87. The van der Waals surface area contributed by atoms with Crippen LogP contribution in [0.25, 0.3) is 0 Å². The first-order valence-electron chi connectivity index (χ1n) is 6.23. The van der Waals surface area contributed by atoms with Gasteiger partial charge in [-0.3, -0.25) is 9.48 Å². The Morgan fingerprint density at radius 3 is 2.67 bits per heavy atom. The van der Waals surface area contributed by atoms with Crippen LogP contribution in [0, 0.1) is 5.92 Å². The number of carbonyl (C=O) groups is 1. The van der Waals surface area contributed by atoms with Crippen molar-refractivity contribution in [2.24, 2.45) is 13.0 Å². The van der Waals surface area contributed by atoms with Crippen LogP contribution in [0.2, 0.25) is 0 Å². The lowest BCUT2D eigenvalue weighted by atomic mass is 9.94. The standard InChI is InChI=1S/C15H18N2O/c1-12(8-9-13-10-16-17(2)11-13)15(18)14-6-4-3-5-7-14/h3-7,10-12H,8-9H2,1-2H3. The number of hydrogen-bond acceptors (Lipinski definition) is 2. The maximum Gasteiger partial charge on any atom is 0.165 e. The summed E-state index contributed by atoms with van der Waals surface area (Å²) in [6, 6.07) is 9.49. The lowest BCUT2D eigenvalue weighted by molar-refractivity contribution is 0.0924. The minimum absolute atomic E-state index is 0.0487. The lowest BCUT2D eigenvalue weighted by Crippen LogP contribution is -2.12. The van der Waals surface area contributed by atoms with Crippen LogP contribution in [-0.4, -0.2) is 15.6 Å². The molecule has 94 valence electrons. The van der Waals surface area contributed by atoms with Crippen LogP contribution < -0.4 is 0 Å². The quantitative estimate of drug-likeness (QED) is 0.756. The molecule has 0 fully saturated rings. The molecule has 3 nitrogen and oxygen atoms in total. The summed E-state index contributed by atoms with van der Waals surface area (Å²) >= 11 is 0. The highest BCUT2D eigenvalue weighted by Gasteiger charge is 2.14. The third kappa shape index (κ3) is 3.06. The molecule has 2 rings (SSSR count). The van der Waals surface area contributed by atoms with Crippen LogP contribution in [0.4, 0.5) is 0 Å². The van der Waals surface area contributed by atoms with Crippen molar-refractivity contribution in [1.29, 1.82) is 0 Å². The van der Waals surface area contributed by atoms with E-state index < -0.39 is 0 Å². The Labute approximate surface area is 107 Å². The van der Waals surface area contributed by atoms with Gasteiger partial charge in [0.25, 0.3) is 0 Å². The normalized spacial score (nSPS) is 12.3. The number of benzene rings is 1. The van der Waals surface area contributed by atoms with E-state index in [1.54, 1.807) is 4.68 Å². The molecule has 1 aromatic carbocycles. The zero-order valence-corrected chi connectivity index (χ0v) is 10.8. The van der Waals surface area contributed by atoms with Crippen molar-refractivity contribution in [2.45, 2.75) is 19.8 Å². The molecule has 0 aliphatic rings. The van der Waals surface area contributed by atoms with Gasteiger partial charge in [0.05, 0.1) is 6.20 Å². The summed E-state index contributed by atoms with van der Waals surface area (Å²) in [5.41, 5.74) is 1.99. The lowest BCUT2D eigenvalue weighted by Gasteiger charge is -2.09. The fourth-order valence-corrected chi connectivity index (χ4v) is 2.00. The van der Waals surface area contributed by atoms with Gasteiger partial charge in [-0.1, -0.05) is 37.3 Å². The van der Waals surface area contributed by atoms with Crippen LogP contribution in [0.1, 0.15) is 29.3 Å². The fraction of sp³-hybridized carbons (Fsp3) is 0.333. The molecular weight excluding hydrogens is 224 g/mol. The molecule has 3 heteroatoms. The first-order chi connectivity index (χ1) is 8.66. The molecular formula is C15H18N2O. The maximum atomic E-state index is 12.2. The van der Waals surface area contributed by atoms with Crippen molar-refractivity contribution in [3.8, 4) is 0 Å². The molecule has 1 unspecified atom stereocenters. The van der Waals surface area contributed by atoms with Crippen molar-refractivity contribution in [1.82, 2.24) is 9.78 Å². The van der Waals surface area contributed by atoms with E-state index in [9.17, 15) is 4.79 Å². The smallest absolute Gasteiger partial charge is 0.165 e. The van der Waals surface area contributed by atoms with Crippen molar-refractivity contribution in [3.05, 3.63) is 53.9 Å². The first-order valence-corrected chi connectivity index (χ1v) is 6.23. The van der Waals surface area contributed by atoms with Crippen LogP contribution in [0.3, 0.4) is 0 Å². The van der Waals surface area contributed by atoms with Gasteiger partial charge in [0, 0.05) is 24.7 Å². The van der Waals surface area contributed by atoms with Gasteiger partial charge in [0.2, 0.25) is 0 Å². The van der Waals surface area contributed by atoms with Gasteiger partial charge in [-0.05, 0) is 18.4 Å². The largest absolute Gasteiger partial charge is 0.294 e. The molecule has 0 amide bonds. The van der Waals surface area contributed by atoms with Gasteiger partial charge in [-0.25, -0.2) is 0 Å². The average Bonchev–Trinajstić information content (AvgIpc) is 2.82. The van der Waals surface area contributed by atoms with E-state index in [1.165, 1.54) is 5.56 Å². The molecule has 0 saturated heterocycles. The number of hydrogen-bond donors (Lipinski definition) is 0. The third-order valence-electron chi connectivity index (χ3n) is 3.13. The SMILES string of the molecule is CC(CCc1cnn(C)c1)C(=O)c1ccccc1. The molecule has 0 saturated carbocycles. The maximum absolute atomic E-state index is 12.2. The van der Waals surface area contributed by atoms with Crippen molar-refractivity contribution in [2.75, 3.05) is 0 Å². The van der Waals surface area contributed by atoms with Gasteiger partial charge >= 0.3 is 0 Å². The molecule has 0 bridgehead atoms. The van der Waals surface area contributed by atoms with E-state index in [2.05, 4.69) is 5.10 Å². The molecule has 0 aliphatic carbocycles. The van der Waals surface area contributed by atoms with E-state index in [4.69, 9.17) is 0 Å². The average molecular weight is 242 g/mol. The summed E-state index contributed by atoms with van der Waals surface area (Å²) in [6.07, 6.45) is 5.62. The number of aromatic nitrogens is 2. The van der Waals surface area contributed by atoms with E-state index in [1.807, 2.05) is 56.7 Å². The minimum Gasteiger partial charge on any atom is -0.294 e. The van der Waals surface area contributed by atoms with Gasteiger partial charge in [0.15, 0.2) is 5.78 Å². The fourth-order valence-electron chi connectivity index (χ4n) is 2.00. The van der Waals surface area contributed by atoms with Crippen molar-refractivity contribution in [3.63, 3.8) is 0 Å². The Morgan fingerprint density at radius 2 is 2.06 bits per heavy atom. The number of Topliss-reactive ketones (excluding diaryl/α,β-unsaturated/α-hetero) is 1. The Morgan fingerprint density at radius 1 is 1.33 bits per heavy atom. The topological polar surface area (TPSA) is 34.9 Å². The van der Waals surface area contributed by atoms with Gasteiger partial charge in [-0.15, -0.1) is 0 Å². The molecule has 1 heterocycles. The molecule has 0 N–H and O–H groups in total. The minimum atomic E-state index is 0.0487. The summed E-state index contributed by atoms with van der Waals surface area (Å²) in [7, 11) is 1.90. The molecule has 2 aromatic rings. The Kier molecular flexibility index (Phi) is 3.92. The summed E-state index contributed by atoms with van der Waals surface area (Å²) in [5, 5.41) is 4.13. The molecule has 0 aliphatic heterocycles. The zero-order chi connectivity index (χ0) is 13.0. The second-order valence-corrected chi connectivity index (χ2v) is 4.69. The van der Waals surface area contributed by atoms with Crippen LogP contribution in [0.5, 0.6) is 0 Å². The van der Waals surface area contributed by atoms with Crippen LogP contribution in [-0.2, 0) is 13.5 Å². The number of ketones is 1. The van der Waals surface area contributed by atoms with E-state index in [-0.39, 0.29) is 11.7 Å². The molecule has 18 heavy (non-hydrogen) atoms. The molecule has 0 radical (unpaired) electrons. The summed E-state index contributed by atoms with van der Waals surface area (Å²) in [5.74, 6) is 0.270. The molecule has 1 aromatic heterocycles. The second-order valence-electron chi connectivity index (χ2n) is 4.69. The van der Waals surface area contributed by atoms with Crippen molar-refractivity contribution < 1.29 is 4.79 Å². The zero-order valence-electron chi connectivity index (χ0n) is 10.8. The number of carbonyl (C=O) groups excluding carboxylic acids is 1. The summed E-state index contributed by atoms with van der Waals surface area (Å²) < 4.78 is 1.79.